The lowest BCUT2D eigenvalue weighted by Crippen LogP contribution is -2.31. The highest BCUT2D eigenvalue weighted by atomic mass is 35.5. The Balaban J connectivity index is 1.67. The van der Waals surface area contributed by atoms with Gasteiger partial charge in [-0.1, -0.05) is 48.0 Å². The summed E-state index contributed by atoms with van der Waals surface area (Å²) >= 11 is 6.00. The highest BCUT2D eigenvalue weighted by molar-refractivity contribution is 7.89. The molecule has 2 aromatic carbocycles. The van der Waals surface area contributed by atoms with Gasteiger partial charge in [-0.3, -0.25) is 9.59 Å². The van der Waals surface area contributed by atoms with Crippen molar-refractivity contribution in [2.45, 2.75) is 19.9 Å². The minimum atomic E-state index is -3.85. The fourth-order valence-electron chi connectivity index (χ4n) is 4.41. The summed E-state index contributed by atoms with van der Waals surface area (Å²) in [7, 11) is -3.85. The van der Waals surface area contributed by atoms with E-state index in [1.54, 1.807) is 6.07 Å². The van der Waals surface area contributed by atoms with Crippen molar-refractivity contribution in [3.8, 4) is 22.6 Å². The predicted molar refractivity (Wildman–Crippen MR) is 152 cm³/mol. The van der Waals surface area contributed by atoms with Gasteiger partial charge in [0.1, 0.15) is 28.5 Å². The van der Waals surface area contributed by atoms with E-state index in [-0.39, 0.29) is 27.5 Å². The molecule has 3 heterocycles. The van der Waals surface area contributed by atoms with Crippen LogP contribution >= 0.6 is 11.6 Å². The molecule has 204 valence electrons. The average Bonchev–Trinajstić information content (AvgIpc) is 3.43. The summed E-state index contributed by atoms with van der Waals surface area (Å²) in [6.45, 7) is 3.67. The molecule has 2 N–H and O–H groups in total. The predicted octanol–water partition coefficient (Wildman–Crippen LogP) is 5.33. The third-order valence-corrected chi connectivity index (χ3v) is 6.85. The highest BCUT2D eigenvalue weighted by Crippen LogP contribution is 2.36. The average molecular weight is 579 g/mol. The number of aromatic nitrogens is 2. The van der Waals surface area contributed by atoms with E-state index < -0.39 is 22.0 Å². The Bertz CT molecular complexity index is 1910. The smallest absolute Gasteiger partial charge is 0.285 e. The lowest BCUT2D eigenvalue weighted by Gasteiger charge is -2.20. The second kappa shape index (κ2) is 10.6. The fraction of sp³-hybridized carbons (Fsp3) is 0.143. The number of hydrogen-bond donors (Lipinski definition) is 2. The van der Waals surface area contributed by atoms with Crippen LogP contribution < -0.4 is 15.5 Å². The summed E-state index contributed by atoms with van der Waals surface area (Å²) in [5, 5.41) is 3.54. The van der Waals surface area contributed by atoms with Crippen LogP contribution in [0.15, 0.2) is 80.9 Å². The lowest BCUT2D eigenvalue weighted by molar-refractivity contribution is 0.0977. The van der Waals surface area contributed by atoms with Crippen LogP contribution in [0.1, 0.15) is 34.6 Å². The van der Waals surface area contributed by atoms with Gasteiger partial charge in [0.15, 0.2) is 12.1 Å². The molecule has 1 amide bonds. The Kier molecular flexibility index (Phi) is 7.17. The number of carbonyl (C=O) groups excluding carboxylic acids is 1. The van der Waals surface area contributed by atoms with Crippen molar-refractivity contribution in [1.82, 2.24) is 14.7 Å². The number of sulfonamides is 1. The number of oxazole rings is 1. The minimum absolute atomic E-state index is 0.0109. The number of pyridine rings is 1. The van der Waals surface area contributed by atoms with Crippen LogP contribution in [0.5, 0.6) is 0 Å². The first kappa shape index (κ1) is 27.1. The SMILES string of the molecule is Cc1cc(C(C)Nc2ccc(Cl)nc2C(=O)NS(C)(=O)=O)c2oc(-c3ccccc3)c(-c3cocn3)c(=O)c2c1. The van der Waals surface area contributed by atoms with Gasteiger partial charge in [-0.2, -0.15) is 0 Å². The normalized spacial score (nSPS) is 12.3. The molecule has 0 bridgehead atoms. The molecule has 0 saturated heterocycles. The first-order valence-corrected chi connectivity index (χ1v) is 14.3. The summed E-state index contributed by atoms with van der Waals surface area (Å²) in [6.07, 6.45) is 3.50. The molecule has 0 aliphatic heterocycles. The molecule has 0 spiro atoms. The number of benzene rings is 2. The van der Waals surface area contributed by atoms with Crippen molar-refractivity contribution >= 4 is 44.2 Å². The van der Waals surface area contributed by atoms with Crippen LogP contribution in [0.3, 0.4) is 0 Å². The first-order chi connectivity index (χ1) is 19.0. The second-order valence-electron chi connectivity index (χ2n) is 9.21. The van der Waals surface area contributed by atoms with E-state index in [0.717, 1.165) is 11.8 Å². The zero-order valence-electron chi connectivity index (χ0n) is 21.6. The molecule has 0 aliphatic carbocycles. The summed E-state index contributed by atoms with van der Waals surface area (Å²) in [5.74, 6) is -0.616. The molecular formula is C28H23ClN4O6S. The van der Waals surface area contributed by atoms with Crippen LogP contribution in [0.4, 0.5) is 5.69 Å². The molecule has 1 unspecified atom stereocenters. The standard InChI is InChI=1S/C28H23ClN4O6S/c1-15-11-18(16(2)31-20-9-10-22(29)32-24(20)28(35)33-40(3,36)37)27-19(12-15)25(34)23(21-13-38-14-30-21)26(39-27)17-7-5-4-6-8-17/h4-14,16,31H,1-3H3,(H,33,35). The summed E-state index contributed by atoms with van der Waals surface area (Å²) in [6, 6.07) is 15.3. The largest absolute Gasteiger partial charge is 0.455 e. The third kappa shape index (κ3) is 5.47. The number of carbonyl (C=O) groups is 1. The molecule has 0 saturated carbocycles. The van der Waals surface area contributed by atoms with Crippen molar-refractivity contribution in [3.05, 3.63) is 99.5 Å². The van der Waals surface area contributed by atoms with Crippen molar-refractivity contribution in [3.63, 3.8) is 0 Å². The monoisotopic (exact) mass is 578 g/mol. The van der Waals surface area contributed by atoms with E-state index in [1.807, 2.05) is 55.0 Å². The lowest BCUT2D eigenvalue weighted by atomic mass is 9.97. The quantitative estimate of drug-likeness (QED) is 0.245. The van der Waals surface area contributed by atoms with Gasteiger partial charge in [0.05, 0.1) is 28.9 Å². The first-order valence-electron chi connectivity index (χ1n) is 12.0. The van der Waals surface area contributed by atoms with E-state index in [1.165, 1.54) is 24.8 Å². The molecule has 5 aromatic rings. The van der Waals surface area contributed by atoms with E-state index in [2.05, 4.69) is 15.3 Å². The molecule has 0 fully saturated rings. The Morgan fingerprint density at radius 3 is 2.52 bits per heavy atom. The summed E-state index contributed by atoms with van der Waals surface area (Å²) in [4.78, 5) is 34.8. The van der Waals surface area contributed by atoms with Crippen LogP contribution in [0, 0.1) is 6.92 Å². The fourth-order valence-corrected chi connectivity index (χ4v) is 4.99. The molecule has 40 heavy (non-hydrogen) atoms. The molecule has 1 atom stereocenters. The molecule has 5 rings (SSSR count). The van der Waals surface area contributed by atoms with Gasteiger partial charge in [0.25, 0.3) is 5.91 Å². The number of nitrogens with zero attached hydrogens (tertiary/aromatic N) is 2. The van der Waals surface area contributed by atoms with Crippen LogP contribution in [-0.4, -0.2) is 30.5 Å². The van der Waals surface area contributed by atoms with E-state index >= 15 is 0 Å². The van der Waals surface area contributed by atoms with Gasteiger partial charge in [-0.05, 0) is 37.6 Å². The number of hydrogen-bond acceptors (Lipinski definition) is 9. The maximum atomic E-state index is 13.9. The van der Waals surface area contributed by atoms with E-state index in [0.29, 0.717) is 33.6 Å². The second-order valence-corrected chi connectivity index (χ2v) is 11.3. The maximum absolute atomic E-state index is 13.9. The highest BCUT2D eigenvalue weighted by Gasteiger charge is 2.24. The molecule has 10 nitrogen and oxygen atoms in total. The van der Waals surface area contributed by atoms with Crippen molar-refractivity contribution in [2.24, 2.45) is 0 Å². The number of nitrogens with one attached hydrogen (secondary N) is 2. The Morgan fingerprint density at radius 2 is 1.85 bits per heavy atom. The van der Waals surface area contributed by atoms with Crippen molar-refractivity contribution in [1.29, 1.82) is 0 Å². The van der Waals surface area contributed by atoms with Gasteiger partial charge in [-0.25, -0.2) is 23.1 Å². The van der Waals surface area contributed by atoms with Crippen LogP contribution in [0.2, 0.25) is 5.15 Å². The zero-order valence-corrected chi connectivity index (χ0v) is 23.1. The summed E-state index contributed by atoms with van der Waals surface area (Å²) < 4.78 is 36.9. The molecular weight excluding hydrogens is 556 g/mol. The van der Waals surface area contributed by atoms with Gasteiger partial charge >= 0.3 is 0 Å². The number of rotatable bonds is 7. The van der Waals surface area contributed by atoms with Gasteiger partial charge in [0, 0.05) is 11.1 Å². The van der Waals surface area contributed by atoms with Gasteiger partial charge in [-0.15, -0.1) is 0 Å². The molecule has 0 aliphatic rings. The molecule has 12 heteroatoms. The Hall–Kier alpha value is -4.48. The summed E-state index contributed by atoms with van der Waals surface area (Å²) in [5.41, 5.74) is 2.79. The molecule has 0 radical (unpaired) electrons. The van der Waals surface area contributed by atoms with Crippen molar-refractivity contribution < 1.29 is 22.0 Å². The minimum Gasteiger partial charge on any atom is -0.455 e. The maximum Gasteiger partial charge on any atom is 0.285 e. The van der Waals surface area contributed by atoms with Gasteiger partial charge < -0.3 is 14.2 Å². The third-order valence-electron chi connectivity index (χ3n) is 6.08. The zero-order chi connectivity index (χ0) is 28.6. The topological polar surface area (TPSA) is 144 Å². The number of fused-ring (bicyclic) bond motifs is 1. The van der Waals surface area contributed by atoms with Gasteiger partial charge in [0.2, 0.25) is 15.5 Å². The van der Waals surface area contributed by atoms with Crippen LogP contribution in [0.25, 0.3) is 33.6 Å². The van der Waals surface area contributed by atoms with Crippen LogP contribution in [-0.2, 0) is 10.0 Å². The number of amides is 1. The van der Waals surface area contributed by atoms with E-state index in [4.69, 9.17) is 20.4 Å². The molecule has 3 aromatic heterocycles. The number of halogens is 1. The Morgan fingerprint density at radius 1 is 1.10 bits per heavy atom. The Labute approximate surface area is 234 Å². The van der Waals surface area contributed by atoms with E-state index in [9.17, 15) is 18.0 Å². The van der Waals surface area contributed by atoms with Crippen molar-refractivity contribution in [2.75, 3.05) is 11.6 Å². The number of aryl methyl sites for hydroxylation is 1. The number of anilines is 1.